The zero-order valence-corrected chi connectivity index (χ0v) is 19.1. The van der Waals surface area contributed by atoms with Crippen LogP contribution in [0.15, 0.2) is 70.1 Å². The van der Waals surface area contributed by atoms with E-state index in [9.17, 15) is 9.59 Å². The van der Waals surface area contributed by atoms with Crippen LogP contribution in [0.3, 0.4) is 0 Å². The summed E-state index contributed by atoms with van der Waals surface area (Å²) in [6.07, 6.45) is 1.64. The molecule has 4 aromatic rings. The van der Waals surface area contributed by atoms with Crippen LogP contribution in [-0.2, 0) is 6.54 Å². The third kappa shape index (κ3) is 4.16. The van der Waals surface area contributed by atoms with Gasteiger partial charge in [-0.15, -0.1) is 0 Å². The maximum atomic E-state index is 13.3. The minimum atomic E-state index is -0.359. The molecule has 0 saturated carbocycles. The number of carbonyl (C=O) groups is 1. The Labute approximate surface area is 188 Å². The Kier molecular flexibility index (Phi) is 5.74. The fraction of sp³-hybridized carbons (Fsp3) is 0.160. The molecule has 6 heteroatoms. The van der Waals surface area contributed by atoms with E-state index in [0.717, 1.165) is 21.3 Å². The summed E-state index contributed by atoms with van der Waals surface area (Å²) in [5.74, 6) is 0.364. The number of pyridine rings is 2. The average molecular weight is 477 g/mol. The summed E-state index contributed by atoms with van der Waals surface area (Å²) in [6.45, 7) is 4.20. The van der Waals surface area contributed by atoms with Crippen molar-refractivity contribution in [3.05, 3.63) is 103 Å². The number of hydrogen-bond donors (Lipinski definition) is 0. The molecule has 0 unspecified atom stereocenters. The Morgan fingerprint density at radius 3 is 2.61 bits per heavy atom. The molecule has 5 nitrogen and oxygen atoms in total. The highest BCUT2D eigenvalue weighted by Crippen LogP contribution is 2.21. The highest BCUT2D eigenvalue weighted by atomic mass is 79.9. The fourth-order valence-electron chi connectivity index (χ4n) is 3.66. The zero-order valence-electron chi connectivity index (χ0n) is 17.5. The molecule has 0 fully saturated rings. The lowest BCUT2D eigenvalue weighted by molar-refractivity contribution is 0.103. The second kappa shape index (κ2) is 8.47. The topological polar surface area (TPSA) is 61.2 Å². The van der Waals surface area contributed by atoms with Crippen LogP contribution in [-0.4, -0.2) is 22.4 Å². The third-order valence-electron chi connectivity index (χ3n) is 5.21. The van der Waals surface area contributed by atoms with E-state index < -0.39 is 0 Å². The molecular weight excluding hydrogens is 456 g/mol. The molecule has 2 heterocycles. The van der Waals surface area contributed by atoms with Crippen LogP contribution < -0.4 is 10.2 Å². The number of ketones is 1. The molecule has 0 atom stereocenters. The van der Waals surface area contributed by atoms with Gasteiger partial charge in [-0.3, -0.25) is 9.59 Å². The second-order valence-corrected chi connectivity index (χ2v) is 8.38. The van der Waals surface area contributed by atoms with Gasteiger partial charge in [0.15, 0.2) is 5.78 Å². The van der Waals surface area contributed by atoms with Crippen LogP contribution >= 0.6 is 15.9 Å². The van der Waals surface area contributed by atoms with E-state index in [4.69, 9.17) is 4.74 Å². The Bertz CT molecular complexity index is 1380. The largest absolute Gasteiger partial charge is 0.496 e. The van der Waals surface area contributed by atoms with Crippen LogP contribution in [0, 0.1) is 13.8 Å². The molecule has 0 aliphatic carbocycles. The molecule has 0 aliphatic heterocycles. The van der Waals surface area contributed by atoms with Gasteiger partial charge in [-0.2, -0.15) is 0 Å². The van der Waals surface area contributed by atoms with Crippen molar-refractivity contribution in [2.24, 2.45) is 0 Å². The number of benzene rings is 2. The van der Waals surface area contributed by atoms with Gasteiger partial charge in [0.05, 0.1) is 18.2 Å². The standard InChI is InChI=1S/C25H21BrN2O3/c1-15-11-18(8-10-22(15)31-3)24(29)20-14-28(13-17-5-4-6-19(26)12-17)21-9-7-16(2)27-23(21)25(20)30/h4-12,14H,13H2,1-3H3. The highest BCUT2D eigenvalue weighted by molar-refractivity contribution is 9.10. The smallest absolute Gasteiger partial charge is 0.218 e. The summed E-state index contributed by atoms with van der Waals surface area (Å²) in [7, 11) is 1.59. The Hall–Kier alpha value is -3.25. The first kappa shape index (κ1) is 21.0. The number of aromatic nitrogens is 2. The van der Waals surface area contributed by atoms with E-state index in [2.05, 4.69) is 20.9 Å². The number of rotatable bonds is 5. The van der Waals surface area contributed by atoms with Gasteiger partial charge >= 0.3 is 0 Å². The average Bonchev–Trinajstić information content (AvgIpc) is 2.75. The number of ether oxygens (including phenoxy) is 1. The van der Waals surface area contributed by atoms with Gasteiger partial charge in [-0.1, -0.05) is 28.1 Å². The predicted octanol–water partition coefficient (Wildman–Crippen LogP) is 5.06. The molecule has 0 bridgehead atoms. The van der Waals surface area contributed by atoms with Crippen LogP contribution in [0.2, 0.25) is 0 Å². The van der Waals surface area contributed by atoms with Crippen molar-refractivity contribution in [1.82, 2.24) is 9.55 Å². The Morgan fingerprint density at radius 1 is 1.10 bits per heavy atom. The van der Waals surface area contributed by atoms with Crippen LogP contribution in [0.25, 0.3) is 11.0 Å². The summed E-state index contributed by atoms with van der Waals surface area (Å²) in [5.41, 5.74) is 3.77. The van der Waals surface area contributed by atoms with E-state index in [1.54, 1.807) is 31.5 Å². The predicted molar refractivity (Wildman–Crippen MR) is 125 cm³/mol. The Morgan fingerprint density at radius 2 is 1.90 bits per heavy atom. The fourth-order valence-corrected chi connectivity index (χ4v) is 4.11. The zero-order chi connectivity index (χ0) is 22.1. The van der Waals surface area contributed by atoms with Gasteiger partial charge in [0.2, 0.25) is 5.43 Å². The van der Waals surface area contributed by atoms with Crippen molar-refractivity contribution < 1.29 is 9.53 Å². The first-order chi connectivity index (χ1) is 14.9. The first-order valence-corrected chi connectivity index (χ1v) is 10.6. The van der Waals surface area contributed by atoms with Crippen molar-refractivity contribution in [3.8, 4) is 5.75 Å². The van der Waals surface area contributed by atoms with E-state index >= 15 is 0 Å². The number of methoxy groups -OCH3 is 1. The second-order valence-electron chi connectivity index (χ2n) is 7.46. The summed E-state index contributed by atoms with van der Waals surface area (Å²) < 4.78 is 8.16. The van der Waals surface area contributed by atoms with E-state index in [1.807, 2.05) is 54.8 Å². The minimum absolute atomic E-state index is 0.102. The SMILES string of the molecule is COc1ccc(C(=O)c2cn(Cc3cccc(Br)c3)c3ccc(C)nc3c2=O)cc1C. The molecule has 0 saturated heterocycles. The van der Waals surface area contributed by atoms with E-state index in [1.165, 1.54) is 0 Å². The van der Waals surface area contributed by atoms with Gasteiger partial charge in [-0.25, -0.2) is 4.98 Å². The molecule has 156 valence electrons. The summed E-state index contributed by atoms with van der Waals surface area (Å²) in [6, 6.07) is 16.8. The maximum Gasteiger partial charge on any atom is 0.218 e. The van der Waals surface area contributed by atoms with Crippen molar-refractivity contribution in [2.45, 2.75) is 20.4 Å². The summed E-state index contributed by atoms with van der Waals surface area (Å²) >= 11 is 3.50. The van der Waals surface area contributed by atoms with Gasteiger partial charge in [0.25, 0.3) is 0 Å². The number of carbonyl (C=O) groups excluding carboxylic acids is 1. The molecule has 4 rings (SSSR count). The van der Waals surface area contributed by atoms with E-state index in [0.29, 0.717) is 28.9 Å². The molecule has 31 heavy (non-hydrogen) atoms. The third-order valence-corrected chi connectivity index (χ3v) is 5.70. The molecule has 0 radical (unpaired) electrons. The van der Waals surface area contributed by atoms with Gasteiger partial charge < -0.3 is 9.30 Å². The number of fused-ring (bicyclic) bond motifs is 1. The van der Waals surface area contributed by atoms with Crippen molar-refractivity contribution in [3.63, 3.8) is 0 Å². The maximum absolute atomic E-state index is 13.3. The molecule has 2 aromatic carbocycles. The molecular formula is C25H21BrN2O3. The number of nitrogens with zero attached hydrogens (tertiary/aromatic N) is 2. The lowest BCUT2D eigenvalue weighted by Gasteiger charge is -2.14. The minimum Gasteiger partial charge on any atom is -0.496 e. The highest BCUT2D eigenvalue weighted by Gasteiger charge is 2.19. The monoisotopic (exact) mass is 476 g/mol. The van der Waals surface area contributed by atoms with Crippen LogP contribution in [0.4, 0.5) is 0 Å². The van der Waals surface area contributed by atoms with Gasteiger partial charge in [0.1, 0.15) is 11.3 Å². The summed E-state index contributed by atoms with van der Waals surface area (Å²) in [5, 5.41) is 0. The van der Waals surface area contributed by atoms with Crippen LogP contribution in [0.1, 0.15) is 32.7 Å². The van der Waals surface area contributed by atoms with E-state index in [-0.39, 0.29) is 16.8 Å². The molecule has 2 aromatic heterocycles. The van der Waals surface area contributed by atoms with Crippen molar-refractivity contribution >= 4 is 32.7 Å². The van der Waals surface area contributed by atoms with Gasteiger partial charge in [0, 0.05) is 28.5 Å². The molecule has 0 aliphatic rings. The summed E-state index contributed by atoms with van der Waals surface area (Å²) in [4.78, 5) is 31.0. The molecule has 0 N–H and O–H groups in total. The lowest BCUT2D eigenvalue weighted by Crippen LogP contribution is -2.21. The lowest BCUT2D eigenvalue weighted by atomic mass is 10.0. The number of hydrogen-bond acceptors (Lipinski definition) is 4. The van der Waals surface area contributed by atoms with Crippen molar-refractivity contribution in [1.29, 1.82) is 0 Å². The Balaban J connectivity index is 1.89. The number of halogens is 1. The normalized spacial score (nSPS) is 11.0. The first-order valence-electron chi connectivity index (χ1n) is 9.82. The molecule has 0 amide bonds. The van der Waals surface area contributed by atoms with Crippen LogP contribution in [0.5, 0.6) is 5.75 Å². The van der Waals surface area contributed by atoms with Gasteiger partial charge in [-0.05, 0) is 67.4 Å². The van der Waals surface area contributed by atoms with Crippen molar-refractivity contribution in [2.75, 3.05) is 7.11 Å². The molecule has 0 spiro atoms. The quantitative estimate of drug-likeness (QED) is 0.377. The number of aryl methyl sites for hydroxylation is 2.